The Labute approximate surface area is 267 Å². The van der Waals surface area contributed by atoms with Gasteiger partial charge in [-0.25, -0.2) is 0 Å². The van der Waals surface area contributed by atoms with Gasteiger partial charge >= 0.3 is 6.85 Å². The molecule has 4 heteroatoms. The Morgan fingerprint density at radius 2 is 1.24 bits per heavy atom. The zero-order valence-electron chi connectivity index (χ0n) is 24.7. The molecule has 0 bridgehead atoms. The van der Waals surface area contributed by atoms with Gasteiger partial charge in [-0.1, -0.05) is 109 Å². The normalized spacial score (nSPS) is 13.7. The van der Waals surface area contributed by atoms with Crippen LogP contribution in [0.3, 0.4) is 0 Å². The number of hydrogen-bond acceptors (Lipinski definition) is 3. The molecule has 0 aliphatic carbocycles. The molecule has 0 atom stereocenters. The van der Waals surface area contributed by atoms with Crippen LogP contribution in [0.25, 0.3) is 33.0 Å². The summed E-state index contributed by atoms with van der Waals surface area (Å²) in [4.78, 5) is 7.76. The Hall–Kier alpha value is -5.19. The highest BCUT2D eigenvalue weighted by molar-refractivity contribution is 7.99. The monoisotopic (exact) mass is 590 g/mol. The van der Waals surface area contributed by atoms with E-state index in [0.29, 0.717) is 0 Å². The third kappa shape index (κ3) is 3.60. The highest BCUT2D eigenvalue weighted by Gasteiger charge is 2.47. The van der Waals surface area contributed by atoms with Gasteiger partial charge in [0.1, 0.15) is 0 Å². The molecule has 0 saturated heterocycles. The van der Waals surface area contributed by atoms with E-state index in [1.807, 2.05) is 11.8 Å². The Morgan fingerprint density at radius 3 is 2.09 bits per heavy atom. The quantitative estimate of drug-likeness (QED) is 0.185. The number of fused-ring (bicyclic) bond motifs is 7. The Bertz CT molecular complexity index is 2330. The average molecular weight is 591 g/mol. The zero-order chi connectivity index (χ0) is 29.6. The summed E-state index contributed by atoms with van der Waals surface area (Å²) in [6, 6.07) is 54.0. The second-order valence-electron chi connectivity index (χ2n) is 12.2. The first kappa shape index (κ1) is 25.2. The summed E-state index contributed by atoms with van der Waals surface area (Å²) in [6.07, 6.45) is 0. The van der Waals surface area contributed by atoms with E-state index in [1.54, 1.807) is 0 Å². The molecule has 0 spiro atoms. The summed E-state index contributed by atoms with van der Waals surface area (Å²) in [7, 11) is 0. The first-order valence-corrected chi connectivity index (χ1v) is 16.4. The van der Waals surface area contributed by atoms with Gasteiger partial charge in [0.15, 0.2) is 0 Å². The van der Waals surface area contributed by atoms with Gasteiger partial charge in [-0.3, -0.25) is 0 Å². The van der Waals surface area contributed by atoms with Crippen molar-refractivity contribution in [1.82, 2.24) is 0 Å². The fourth-order valence-electron chi connectivity index (χ4n) is 7.71. The number of hydrogen-bond donors (Lipinski definition) is 0. The van der Waals surface area contributed by atoms with E-state index in [4.69, 9.17) is 0 Å². The van der Waals surface area contributed by atoms with E-state index in [1.165, 1.54) is 87.7 Å². The fourth-order valence-corrected chi connectivity index (χ4v) is 8.81. The molecule has 2 nitrogen and oxygen atoms in total. The largest absolute Gasteiger partial charge is 0.376 e. The van der Waals surface area contributed by atoms with E-state index in [9.17, 15) is 0 Å². The predicted molar refractivity (Wildman–Crippen MR) is 192 cm³/mol. The third-order valence-corrected chi connectivity index (χ3v) is 10.7. The molecule has 0 aromatic heterocycles. The standard InChI is InChI=1S/C41H27BN2S/c1-26-22-33-32-24-29-12-5-6-13-30(29)25-36(32)44(31-20-18-28(19-21-31)27-10-3-2-4-11-27)42-34-14-9-17-39-41(34)43(37(23-26)40(33)42)35-15-7-8-16-38(35)45-39/h2-25H,1H3. The molecular formula is C41H27BN2S. The maximum absolute atomic E-state index is 2.61. The summed E-state index contributed by atoms with van der Waals surface area (Å²) < 4.78 is 0. The molecule has 0 fully saturated rings. The number of para-hydroxylation sites is 2. The van der Waals surface area contributed by atoms with Crippen LogP contribution in [0.2, 0.25) is 0 Å². The molecule has 10 rings (SSSR count). The van der Waals surface area contributed by atoms with Crippen molar-refractivity contribution in [1.29, 1.82) is 0 Å². The van der Waals surface area contributed by atoms with Crippen LogP contribution in [0.4, 0.5) is 28.4 Å². The van der Waals surface area contributed by atoms with Crippen LogP contribution in [0.5, 0.6) is 0 Å². The van der Waals surface area contributed by atoms with Crippen molar-refractivity contribution in [3.8, 4) is 22.3 Å². The molecule has 7 aromatic rings. The molecule has 0 saturated carbocycles. The molecule has 3 aliphatic rings. The SMILES string of the molecule is Cc1cc2c3c(c1)N1c4ccccc4Sc4cccc(c41)B3N(c1ccc(-c3ccccc3)cc1)c1cc3ccccc3cc1-2. The molecule has 0 N–H and O–H groups in total. The molecule has 3 heterocycles. The molecule has 7 aromatic carbocycles. The van der Waals surface area contributed by atoms with Gasteiger partial charge in [0.05, 0.1) is 11.4 Å². The number of anilines is 5. The van der Waals surface area contributed by atoms with E-state index in [0.717, 1.165) is 0 Å². The Morgan fingerprint density at radius 1 is 0.533 bits per heavy atom. The summed E-state index contributed by atoms with van der Waals surface area (Å²) in [5.41, 5.74) is 15.4. The maximum atomic E-state index is 2.61. The molecule has 0 radical (unpaired) electrons. The first-order chi connectivity index (χ1) is 22.2. The second kappa shape index (κ2) is 9.41. The van der Waals surface area contributed by atoms with Crippen molar-refractivity contribution in [3.05, 3.63) is 151 Å². The number of rotatable bonds is 2. The molecule has 3 aliphatic heterocycles. The van der Waals surface area contributed by atoms with Gasteiger partial charge in [0.25, 0.3) is 0 Å². The predicted octanol–water partition coefficient (Wildman–Crippen LogP) is 9.99. The minimum atomic E-state index is 0.0314. The molecule has 45 heavy (non-hydrogen) atoms. The van der Waals surface area contributed by atoms with Crippen LogP contribution in [0, 0.1) is 6.92 Å². The highest BCUT2D eigenvalue weighted by atomic mass is 32.2. The van der Waals surface area contributed by atoms with Crippen molar-refractivity contribution in [2.24, 2.45) is 0 Å². The van der Waals surface area contributed by atoms with Gasteiger partial charge in [-0.15, -0.1) is 0 Å². The van der Waals surface area contributed by atoms with E-state index in [-0.39, 0.29) is 6.85 Å². The van der Waals surface area contributed by atoms with Crippen LogP contribution >= 0.6 is 11.8 Å². The number of nitrogens with zero attached hydrogens (tertiary/aromatic N) is 2. The van der Waals surface area contributed by atoms with Crippen molar-refractivity contribution >= 4 is 68.7 Å². The van der Waals surface area contributed by atoms with Gasteiger partial charge < -0.3 is 9.71 Å². The highest BCUT2D eigenvalue weighted by Crippen LogP contribution is 2.54. The van der Waals surface area contributed by atoms with Crippen LogP contribution < -0.4 is 20.6 Å². The summed E-state index contributed by atoms with van der Waals surface area (Å²) in [5.74, 6) is 0. The minimum absolute atomic E-state index is 0.0314. The summed E-state index contributed by atoms with van der Waals surface area (Å²) >= 11 is 1.89. The maximum Gasteiger partial charge on any atom is 0.333 e. The zero-order valence-corrected chi connectivity index (χ0v) is 25.6. The van der Waals surface area contributed by atoms with Crippen molar-refractivity contribution in [2.75, 3.05) is 9.71 Å². The van der Waals surface area contributed by atoms with Gasteiger partial charge in [-0.05, 0) is 99.4 Å². The molecule has 0 amide bonds. The van der Waals surface area contributed by atoms with Crippen LogP contribution in [0.1, 0.15) is 5.56 Å². The lowest BCUT2D eigenvalue weighted by atomic mass is 9.43. The van der Waals surface area contributed by atoms with Crippen molar-refractivity contribution in [3.63, 3.8) is 0 Å². The molecule has 210 valence electrons. The lowest BCUT2D eigenvalue weighted by Crippen LogP contribution is -2.62. The number of benzene rings is 7. The van der Waals surface area contributed by atoms with Crippen molar-refractivity contribution in [2.45, 2.75) is 16.7 Å². The van der Waals surface area contributed by atoms with Crippen LogP contribution in [-0.4, -0.2) is 6.85 Å². The van der Waals surface area contributed by atoms with E-state index >= 15 is 0 Å². The third-order valence-electron chi connectivity index (χ3n) is 9.62. The Balaban J connectivity index is 1.29. The van der Waals surface area contributed by atoms with Crippen LogP contribution in [-0.2, 0) is 0 Å². The van der Waals surface area contributed by atoms with E-state index < -0.39 is 0 Å². The lowest BCUT2D eigenvalue weighted by Gasteiger charge is -2.47. The van der Waals surface area contributed by atoms with Crippen LogP contribution in [0.15, 0.2) is 155 Å². The summed E-state index contributed by atoms with van der Waals surface area (Å²) in [5, 5.41) is 2.53. The molecular weight excluding hydrogens is 563 g/mol. The van der Waals surface area contributed by atoms with Gasteiger partial charge in [-0.2, -0.15) is 0 Å². The fraction of sp³-hybridized carbons (Fsp3) is 0.0244. The minimum Gasteiger partial charge on any atom is -0.376 e. The number of aryl methyl sites for hydroxylation is 1. The Kier molecular flexibility index (Phi) is 5.26. The second-order valence-corrected chi connectivity index (χ2v) is 13.3. The first-order valence-electron chi connectivity index (χ1n) is 15.6. The average Bonchev–Trinajstić information content (AvgIpc) is 3.09. The smallest absolute Gasteiger partial charge is 0.333 e. The van der Waals surface area contributed by atoms with Gasteiger partial charge in [0, 0.05) is 32.4 Å². The lowest BCUT2D eigenvalue weighted by molar-refractivity contribution is 1.16. The summed E-state index contributed by atoms with van der Waals surface area (Å²) in [6.45, 7) is 2.27. The van der Waals surface area contributed by atoms with Gasteiger partial charge in [0.2, 0.25) is 0 Å². The van der Waals surface area contributed by atoms with Crippen molar-refractivity contribution < 1.29 is 0 Å². The van der Waals surface area contributed by atoms with E-state index in [2.05, 4.69) is 162 Å². The topological polar surface area (TPSA) is 6.48 Å². The molecule has 0 unspecified atom stereocenters.